The van der Waals surface area contributed by atoms with Crippen LogP contribution in [0.15, 0.2) is 6.33 Å². The number of aromatic nitrogens is 2. The maximum atomic E-state index is 5.89. The SMILES string of the molecule is CC(C)c1c(N)ncnc1NCCCCN(C)C. The molecule has 3 N–H and O–H groups in total. The monoisotopic (exact) mass is 251 g/mol. The quantitative estimate of drug-likeness (QED) is 0.725. The third-order valence-corrected chi connectivity index (χ3v) is 2.82. The third kappa shape index (κ3) is 4.49. The Labute approximate surface area is 110 Å². The van der Waals surface area contributed by atoms with Gasteiger partial charge in [0.2, 0.25) is 0 Å². The number of nitrogens with one attached hydrogen (secondary N) is 1. The fraction of sp³-hybridized carbons (Fsp3) is 0.692. The Balaban J connectivity index is 2.49. The molecule has 0 aliphatic heterocycles. The van der Waals surface area contributed by atoms with Crippen molar-refractivity contribution in [2.24, 2.45) is 0 Å². The van der Waals surface area contributed by atoms with E-state index in [2.05, 4.69) is 48.1 Å². The van der Waals surface area contributed by atoms with Crippen LogP contribution in [-0.4, -0.2) is 42.1 Å². The van der Waals surface area contributed by atoms with Gasteiger partial charge in [0.25, 0.3) is 0 Å². The van der Waals surface area contributed by atoms with Crippen LogP contribution in [-0.2, 0) is 0 Å². The fourth-order valence-corrected chi connectivity index (χ4v) is 1.88. The highest BCUT2D eigenvalue weighted by molar-refractivity contribution is 5.56. The highest BCUT2D eigenvalue weighted by Gasteiger charge is 2.12. The van der Waals surface area contributed by atoms with E-state index in [-0.39, 0.29) is 0 Å². The van der Waals surface area contributed by atoms with E-state index < -0.39 is 0 Å². The molecule has 0 unspecified atom stereocenters. The summed E-state index contributed by atoms with van der Waals surface area (Å²) in [6.45, 7) is 6.24. The Morgan fingerprint density at radius 1 is 1.28 bits per heavy atom. The molecule has 0 saturated carbocycles. The fourth-order valence-electron chi connectivity index (χ4n) is 1.88. The molecule has 0 aliphatic rings. The van der Waals surface area contributed by atoms with E-state index in [0.29, 0.717) is 11.7 Å². The van der Waals surface area contributed by atoms with Gasteiger partial charge in [0.1, 0.15) is 18.0 Å². The molecule has 1 heterocycles. The zero-order chi connectivity index (χ0) is 13.5. The van der Waals surface area contributed by atoms with E-state index in [0.717, 1.165) is 30.9 Å². The molecule has 0 fully saturated rings. The summed E-state index contributed by atoms with van der Waals surface area (Å²) in [6, 6.07) is 0. The number of hydrogen-bond acceptors (Lipinski definition) is 5. The molecule has 102 valence electrons. The van der Waals surface area contributed by atoms with Crippen molar-refractivity contribution in [3.8, 4) is 0 Å². The highest BCUT2D eigenvalue weighted by atomic mass is 15.1. The minimum atomic E-state index is 0.329. The average Bonchev–Trinajstić information content (AvgIpc) is 2.27. The van der Waals surface area contributed by atoms with E-state index in [1.54, 1.807) is 0 Å². The summed E-state index contributed by atoms with van der Waals surface area (Å²) in [6.07, 6.45) is 3.82. The zero-order valence-electron chi connectivity index (χ0n) is 11.9. The van der Waals surface area contributed by atoms with E-state index >= 15 is 0 Å². The van der Waals surface area contributed by atoms with Gasteiger partial charge in [-0.1, -0.05) is 13.8 Å². The van der Waals surface area contributed by atoms with Gasteiger partial charge in [-0.3, -0.25) is 0 Å². The van der Waals surface area contributed by atoms with Crippen LogP contribution in [0, 0.1) is 0 Å². The van der Waals surface area contributed by atoms with Crippen LogP contribution < -0.4 is 11.1 Å². The number of hydrogen-bond donors (Lipinski definition) is 2. The number of nitrogens with two attached hydrogens (primary N) is 1. The molecule has 0 bridgehead atoms. The number of nitrogen functional groups attached to an aromatic ring is 1. The highest BCUT2D eigenvalue weighted by Crippen LogP contribution is 2.25. The van der Waals surface area contributed by atoms with Crippen molar-refractivity contribution in [1.82, 2.24) is 14.9 Å². The predicted molar refractivity (Wildman–Crippen MR) is 76.8 cm³/mol. The van der Waals surface area contributed by atoms with Crippen molar-refractivity contribution >= 4 is 11.6 Å². The molecule has 1 aromatic heterocycles. The third-order valence-electron chi connectivity index (χ3n) is 2.82. The van der Waals surface area contributed by atoms with Crippen LogP contribution in [0.25, 0.3) is 0 Å². The topological polar surface area (TPSA) is 67.1 Å². The maximum absolute atomic E-state index is 5.89. The largest absolute Gasteiger partial charge is 0.383 e. The molecule has 0 aromatic carbocycles. The van der Waals surface area contributed by atoms with Gasteiger partial charge < -0.3 is 16.0 Å². The average molecular weight is 251 g/mol. The molecule has 18 heavy (non-hydrogen) atoms. The molecular formula is C13H25N5. The summed E-state index contributed by atoms with van der Waals surface area (Å²) in [5, 5.41) is 3.36. The van der Waals surface area contributed by atoms with Gasteiger partial charge in [0.05, 0.1) is 0 Å². The summed E-state index contributed by atoms with van der Waals surface area (Å²) in [5.74, 6) is 1.79. The lowest BCUT2D eigenvalue weighted by Crippen LogP contribution is -2.15. The summed E-state index contributed by atoms with van der Waals surface area (Å²) >= 11 is 0. The lowest BCUT2D eigenvalue weighted by atomic mass is 10.0. The standard InChI is InChI=1S/C13H25N5/c1-10(2)11-12(14)16-9-17-13(11)15-7-5-6-8-18(3)4/h9-10H,5-8H2,1-4H3,(H3,14,15,16,17). The molecule has 1 rings (SSSR count). The van der Waals surface area contributed by atoms with Gasteiger partial charge in [-0.15, -0.1) is 0 Å². The molecular weight excluding hydrogens is 226 g/mol. The summed E-state index contributed by atoms with van der Waals surface area (Å²) in [4.78, 5) is 10.5. The van der Waals surface area contributed by atoms with E-state index in [1.165, 1.54) is 12.7 Å². The van der Waals surface area contributed by atoms with Crippen molar-refractivity contribution in [2.45, 2.75) is 32.6 Å². The summed E-state index contributed by atoms with van der Waals surface area (Å²) in [7, 11) is 4.19. The van der Waals surface area contributed by atoms with Crippen molar-refractivity contribution in [1.29, 1.82) is 0 Å². The van der Waals surface area contributed by atoms with Crippen LogP contribution in [0.2, 0.25) is 0 Å². The van der Waals surface area contributed by atoms with Crippen LogP contribution in [0.5, 0.6) is 0 Å². The van der Waals surface area contributed by atoms with Gasteiger partial charge in [-0.2, -0.15) is 0 Å². The van der Waals surface area contributed by atoms with Crippen molar-refractivity contribution < 1.29 is 0 Å². The Morgan fingerprint density at radius 2 is 2.00 bits per heavy atom. The zero-order valence-corrected chi connectivity index (χ0v) is 11.9. The number of unbranched alkanes of at least 4 members (excludes halogenated alkanes) is 1. The summed E-state index contributed by atoms with van der Waals surface area (Å²) in [5.41, 5.74) is 6.91. The first-order valence-electron chi connectivity index (χ1n) is 6.51. The predicted octanol–water partition coefficient (Wildman–Crippen LogP) is 1.94. The minimum absolute atomic E-state index is 0.329. The van der Waals surface area contributed by atoms with Gasteiger partial charge >= 0.3 is 0 Å². The second kappa shape index (κ2) is 7.16. The lowest BCUT2D eigenvalue weighted by Gasteiger charge is -2.15. The van der Waals surface area contributed by atoms with Crippen LogP contribution >= 0.6 is 0 Å². The molecule has 0 amide bonds. The van der Waals surface area contributed by atoms with Gasteiger partial charge in [-0.05, 0) is 39.4 Å². The van der Waals surface area contributed by atoms with E-state index in [1.807, 2.05) is 0 Å². The summed E-state index contributed by atoms with van der Waals surface area (Å²) < 4.78 is 0. The minimum Gasteiger partial charge on any atom is -0.383 e. The number of anilines is 2. The molecule has 0 aliphatic carbocycles. The molecule has 0 radical (unpaired) electrons. The first-order valence-corrected chi connectivity index (χ1v) is 6.51. The Kier molecular flexibility index (Phi) is 5.85. The number of rotatable bonds is 7. The van der Waals surface area contributed by atoms with Crippen LogP contribution in [0.1, 0.15) is 38.2 Å². The Hall–Kier alpha value is -1.36. The Bertz CT molecular complexity index is 362. The van der Waals surface area contributed by atoms with Crippen molar-refractivity contribution in [3.63, 3.8) is 0 Å². The van der Waals surface area contributed by atoms with Crippen LogP contribution in [0.3, 0.4) is 0 Å². The normalized spacial score (nSPS) is 11.2. The van der Waals surface area contributed by atoms with Gasteiger partial charge in [-0.25, -0.2) is 9.97 Å². The van der Waals surface area contributed by atoms with Crippen molar-refractivity contribution in [3.05, 3.63) is 11.9 Å². The molecule has 0 saturated heterocycles. The molecule has 5 nitrogen and oxygen atoms in total. The first-order chi connectivity index (χ1) is 8.52. The van der Waals surface area contributed by atoms with E-state index in [9.17, 15) is 0 Å². The smallest absolute Gasteiger partial charge is 0.134 e. The first kappa shape index (κ1) is 14.7. The molecule has 0 spiro atoms. The second-order valence-electron chi connectivity index (χ2n) is 5.11. The second-order valence-corrected chi connectivity index (χ2v) is 5.11. The number of nitrogens with zero attached hydrogens (tertiary/aromatic N) is 3. The van der Waals surface area contributed by atoms with E-state index in [4.69, 9.17) is 5.73 Å². The van der Waals surface area contributed by atoms with Gasteiger partial charge in [0.15, 0.2) is 0 Å². The van der Waals surface area contributed by atoms with Crippen molar-refractivity contribution in [2.75, 3.05) is 38.2 Å². The maximum Gasteiger partial charge on any atom is 0.134 e. The molecule has 1 aromatic rings. The Morgan fingerprint density at radius 3 is 2.61 bits per heavy atom. The van der Waals surface area contributed by atoms with Crippen LogP contribution in [0.4, 0.5) is 11.6 Å². The molecule has 0 atom stereocenters. The molecule has 5 heteroatoms. The lowest BCUT2D eigenvalue weighted by molar-refractivity contribution is 0.396. The van der Waals surface area contributed by atoms with Gasteiger partial charge in [0, 0.05) is 12.1 Å².